The van der Waals surface area contributed by atoms with Gasteiger partial charge in [0.15, 0.2) is 5.82 Å². The van der Waals surface area contributed by atoms with Crippen molar-refractivity contribution < 1.29 is 18.7 Å². The average Bonchev–Trinajstić information content (AvgIpc) is 3.27. The van der Waals surface area contributed by atoms with E-state index in [2.05, 4.69) is 30.7 Å². The second kappa shape index (κ2) is 8.79. The molecule has 0 aliphatic rings. The van der Waals surface area contributed by atoms with E-state index >= 15 is 0 Å². The summed E-state index contributed by atoms with van der Waals surface area (Å²) in [5.41, 5.74) is 1.09. The standard InChI is InChI=1S/C20H17F2N7O2/c21-17(22)14-3-1-4-15(25-14)18-27-19(16-5-2-9-29(16)28-18)26-13-6-7-23-11-12(13)20(31)24-8-10-30/h1-7,9,11,17,30H,8,10H2,(H,24,31)(H,23,26,27,28). The second-order valence-corrected chi connectivity index (χ2v) is 6.40. The number of pyridine rings is 2. The first-order valence-corrected chi connectivity index (χ1v) is 9.28. The van der Waals surface area contributed by atoms with Crippen molar-refractivity contribution in [3.05, 3.63) is 66.2 Å². The molecule has 11 heteroatoms. The van der Waals surface area contributed by atoms with Crippen LogP contribution in [0.2, 0.25) is 0 Å². The van der Waals surface area contributed by atoms with E-state index in [1.165, 1.54) is 29.0 Å². The molecule has 0 spiro atoms. The minimum Gasteiger partial charge on any atom is -0.395 e. The third-order valence-electron chi connectivity index (χ3n) is 4.33. The molecule has 0 unspecified atom stereocenters. The van der Waals surface area contributed by atoms with Crippen molar-refractivity contribution in [1.29, 1.82) is 0 Å². The molecule has 0 aliphatic carbocycles. The number of rotatable bonds is 7. The van der Waals surface area contributed by atoms with Gasteiger partial charge >= 0.3 is 0 Å². The first-order valence-electron chi connectivity index (χ1n) is 9.28. The average molecular weight is 425 g/mol. The van der Waals surface area contributed by atoms with Crippen LogP contribution >= 0.6 is 0 Å². The normalized spacial score (nSPS) is 11.1. The fourth-order valence-corrected chi connectivity index (χ4v) is 2.91. The molecule has 0 saturated heterocycles. The molecule has 4 aromatic heterocycles. The molecule has 9 nitrogen and oxygen atoms in total. The van der Waals surface area contributed by atoms with E-state index in [4.69, 9.17) is 5.11 Å². The maximum atomic E-state index is 13.1. The molecule has 0 fully saturated rings. The molecular formula is C20H17F2N7O2. The highest BCUT2D eigenvalue weighted by Crippen LogP contribution is 2.26. The molecule has 0 atom stereocenters. The molecule has 3 N–H and O–H groups in total. The number of hydrogen-bond acceptors (Lipinski definition) is 7. The number of aliphatic hydroxyl groups excluding tert-OH is 1. The minimum absolute atomic E-state index is 0.0971. The third-order valence-corrected chi connectivity index (χ3v) is 4.33. The summed E-state index contributed by atoms with van der Waals surface area (Å²) in [4.78, 5) is 24.8. The molecule has 158 valence electrons. The lowest BCUT2D eigenvalue weighted by Gasteiger charge is -2.13. The Morgan fingerprint density at radius 2 is 2.03 bits per heavy atom. The van der Waals surface area contributed by atoms with Crippen LogP contribution in [0.15, 0.2) is 55.0 Å². The summed E-state index contributed by atoms with van der Waals surface area (Å²) < 4.78 is 27.7. The quantitative estimate of drug-likeness (QED) is 0.417. The monoisotopic (exact) mass is 425 g/mol. The zero-order chi connectivity index (χ0) is 21.8. The van der Waals surface area contributed by atoms with Gasteiger partial charge < -0.3 is 15.7 Å². The number of carbonyl (C=O) groups is 1. The van der Waals surface area contributed by atoms with E-state index in [9.17, 15) is 13.6 Å². The van der Waals surface area contributed by atoms with E-state index in [0.717, 1.165) is 0 Å². The lowest BCUT2D eigenvalue weighted by atomic mass is 10.2. The Morgan fingerprint density at radius 1 is 1.16 bits per heavy atom. The maximum Gasteiger partial charge on any atom is 0.280 e. The van der Waals surface area contributed by atoms with Gasteiger partial charge in [0.05, 0.1) is 17.9 Å². The number of aliphatic hydroxyl groups is 1. The number of anilines is 2. The van der Waals surface area contributed by atoms with Gasteiger partial charge in [-0.15, -0.1) is 5.10 Å². The first-order chi connectivity index (χ1) is 15.1. The number of alkyl halides is 2. The topological polar surface area (TPSA) is 117 Å². The highest BCUT2D eigenvalue weighted by atomic mass is 19.3. The number of hydrogen-bond donors (Lipinski definition) is 3. The van der Waals surface area contributed by atoms with Crippen LogP contribution in [-0.2, 0) is 0 Å². The van der Waals surface area contributed by atoms with Crippen molar-refractivity contribution in [1.82, 2.24) is 29.9 Å². The number of amides is 1. The van der Waals surface area contributed by atoms with Gasteiger partial charge in [-0.2, -0.15) is 0 Å². The van der Waals surface area contributed by atoms with Gasteiger partial charge in [-0.05, 0) is 30.3 Å². The van der Waals surface area contributed by atoms with Crippen molar-refractivity contribution in [3.63, 3.8) is 0 Å². The number of carbonyl (C=O) groups excluding carboxylic acids is 1. The van der Waals surface area contributed by atoms with Gasteiger partial charge in [-0.3, -0.25) is 9.78 Å². The molecule has 0 radical (unpaired) electrons. The Labute approximate surface area is 174 Å². The predicted octanol–water partition coefficient (Wildman–Crippen LogP) is 2.59. The SMILES string of the molecule is O=C(NCCO)c1cnccc1Nc1nc(-c2cccc(C(F)F)n2)nn2cccc12. The Morgan fingerprint density at radius 3 is 2.84 bits per heavy atom. The Balaban J connectivity index is 1.75. The Hall–Kier alpha value is -3.99. The highest BCUT2D eigenvalue weighted by molar-refractivity contribution is 6.00. The number of aromatic nitrogens is 5. The minimum atomic E-state index is -2.72. The summed E-state index contributed by atoms with van der Waals surface area (Å²) in [5, 5.41) is 18.9. The van der Waals surface area contributed by atoms with Crippen LogP contribution in [0.5, 0.6) is 0 Å². The van der Waals surface area contributed by atoms with Gasteiger partial charge in [0.2, 0.25) is 5.82 Å². The van der Waals surface area contributed by atoms with E-state index in [1.54, 1.807) is 30.5 Å². The van der Waals surface area contributed by atoms with Crippen LogP contribution in [0.3, 0.4) is 0 Å². The van der Waals surface area contributed by atoms with Gasteiger partial charge in [-0.1, -0.05) is 6.07 Å². The van der Waals surface area contributed by atoms with E-state index in [1.807, 2.05) is 0 Å². The fraction of sp³-hybridized carbons (Fsp3) is 0.150. The molecule has 31 heavy (non-hydrogen) atoms. The number of nitrogens with one attached hydrogen (secondary N) is 2. The van der Waals surface area contributed by atoms with E-state index in [-0.39, 0.29) is 35.9 Å². The van der Waals surface area contributed by atoms with Crippen molar-refractivity contribution in [2.75, 3.05) is 18.5 Å². The van der Waals surface area contributed by atoms with Crippen molar-refractivity contribution in [2.24, 2.45) is 0 Å². The lowest BCUT2D eigenvalue weighted by molar-refractivity contribution is 0.0945. The van der Waals surface area contributed by atoms with Crippen LogP contribution in [0.4, 0.5) is 20.3 Å². The number of halogens is 2. The number of fused-ring (bicyclic) bond motifs is 1. The zero-order valence-electron chi connectivity index (χ0n) is 16.0. The van der Waals surface area contributed by atoms with Gasteiger partial charge in [-0.25, -0.2) is 23.3 Å². The van der Waals surface area contributed by atoms with Crippen LogP contribution in [0.25, 0.3) is 17.0 Å². The highest BCUT2D eigenvalue weighted by Gasteiger charge is 2.17. The summed E-state index contributed by atoms with van der Waals surface area (Å²) in [5.74, 6) is 0.0623. The molecule has 4 rings (SSSR count). The van der Waals surface area contributed by atoms with Gasteiger partial charge in [0, 0.05) is 25.1 Å². The summed E-state index contributed by atoms with van der Waals surface area (Å²) in [6.45, 7) is -0.0978. The van der Waals surface area contributed by atoms with Crippen molar-refractivity contribution >= 4 is 22.9 Å². The number of nitrogens with zero attached hydrogens (tertiary/aromatic N) is 5. The van der Waals surface area contributed by atoms with E-state index < -0.39 is 12.3 Å². The molecule has 0 aromatic carbocycles. The van der Waals surface area contributed by atoms with Crippen LogP contribution in [0, 0.1) is 0 Å². The molecule has 1 amide bonds. The smallest absolute Gasteiger partial charge is 0.280 e. The molecule has 0 saturated carbocycles. The molecular weight excluding hydrogens is 408 g/mol. The Bertz CT molecular complexity index is 1230. The summed E-state index contributed by atoms with van der Waals surface area (Å²) in [6.07, 6.45) is 1.87. The van der Waals surface area contributed by atoms with Gasteiger partial charge in [0.25, 0.3) is 12.3 Å². The Kier molecular flexibility index (Phi) is 5.76. The summed E-state index contributed by atoms with van der Waals surface area (Å²) >= 11 is 0. The van der Waals surface area contributed by atoms with Crippen molar-refractivity contribution in [3.8, 4) is 11.5 Å². The lowest BCUT2D eigenvalue weighted by Crippen LogP contribution is -2.27. The maximum absolute atomic E-state index is 13.1. The summed E-state index contributed by atoms with van der Waals surface area (Å²) in [7, 11) is 0. The van der Waals surface area contributed by atoms with Gasteiger partial charge in [0.1, 0.15) is 16.9 Å². The van der Waals surface area contributed by atoms with E-state index in [0.29, 0.717) is 17.0 Å². The van der Waals surface area contributed by atoms with Crippen LogP contribution in [0.1, 0.15) is 22.5 Å². The molecule has 4 aromatic rings. The molecule has 0 bridgehead atoms. The third kappa shape index (κ3) is 4.31. The van der Waals surface area contributed by atoms with Crippen molar-refractivity contribution in [2.45, 2.75) is 6.43 Å². The molecule has 0 aliphatic heterocycles. The zero-order valence-corrected chi connectivity index (χ0v) is 16.0. The molecule has 4 heterocycles. The predicted molar refractivity (Wildman–Crippen MR) is 108 cm³/mol. The van der Waals surface area contributed by atoms with Crippen LogP contribution < -0.4 is 10.6 Å². The fourth-order valence-electron chi connectivity index (χ4n) is 2.91. The largest absolute Gasteiger partial charge is 0.395 e. The second-order valence-electron chi connectivity index (χ2n) is 6.40. The first kappa shape index (κ1) is 20.3. The van der Waals surface area contributed by atoms with Crippen LogP contribution in [-0.4, -0.2) is 48.7 Å². The summed E-state index contributed by atoms with van der Waals surface area (Å²) in [6, 6.07) is 9.36.